The second kappa shape index (κ2) is 8.26. The van der Waals surface area contributed by atoms with Crippen molar-refractivity contribution < 1.29 is 14.5 Å². The van der Waals surface area contributed by atoms with Crippen molar-refractivity contribution in [2.24, 2.45) is 5.73 Å². The van der Waals surface area contributed by atoms with Crippen molar-refractivity contribution in [3.8, 4) is 0 Å². The largest absolute Gasteiger partial charge is 0.343 e. The van der Waals surface area contributed by atoms with E-state index in [0.29, 0.717) is 6.54 Å². The summed E-state index contributed by atoms with van der Waals surface area (Å²) in [7, 11) is 0. The summed E-state index contributed by atoms with van der Waals surface area (Å²) in [4.78, 5) is 36.8. The van der Waals surface area contributed by atoms with Crippen molar-refractivity contribution in [2.75, 3.05) is 13.1 Å². The fourth-order valence-electron chi connectivity index (χ4n) is 3.05. The van der Waals surface area contributed by atoms with Crippen LogP contribution in [0.15, 0.2) is 18.2 Å². The summed E-state index contributed by atoms with van der Waals surface area (Å²) in [5, 5.41) is 13.5. The molecule has 1 aromatic carbocycles. The number of nitro benzene ring substituents is 1. The molecule has 2 amide bonds. The van der Waals surface area contributed by atoms with Gasteiger partial charge in [-0.1, -0.05) is 17.7 Å². The van der Waals surface area contributed by atoms with E-state index in [1.54, 1.807) is 4.90 Å². The third-order valence-corrected chi connectivity index (χ3v) is 4.61. The lowest BCUT2D eigenvalue weighted by Gasteiger charge is -2.38. The van der Waals surface area contributed by atoms with E-state index in [1.807, 2.05) is 6.92 Å². The summed E-state index contributed by atoms with van der Waals surface area (Å²) in [6.45, 7) is 2.18. The van der Waals surface area contributed by atoms with Gasteiger partial charge in [-0.05, 0) is 32.3 Å². The Morgan fingerprint density at radius 1 is 1.48 bits per heavy atom. The number of nitrogens with zero attached hydrogens (tertiary/aromatic N) is 2. The summed E-state index contributed by atoms with van der Waals surface area (Å²) in [6, 6.07) is 3.75. The number of likely N-dealkylation sites (tertiary alicyclic amines) is 1. The molecule has 1 aliphatic rings. The first-order valence-electron chi connectivity index (χ1n) is 8.09. The monoisotopic (exact) mass is 368 g/mol. The number of nitrogens with one attached hydrogen (secondary N) is 1. The van der Waals surface area contributed by atoms with Crippen molar-refractivity contribution >= 4 is 29.1 Å². The van der Waals surface area contributed by atoms with Gasteiger partial charge in [0.2, 0.25) is 5.91 Å². The van der Waals surface area contributed by atoms with E-state index in [1.165, 1.54) is 18.2 Å². The summed E-state index contributed by atoms with van der Waals surface area (Å²) in [6.07, 6.45) is 2.72. The van der Waals surface area contributed by atoms with Crippen molar-refractivity contribution in [2.45, 2.75) is 38.3 Å². The molecule has 2 unspecified atom stereocenters. The maximum absolute atomic E-state index is 12.4. The zero-order valence-corrected chi connectivity index (χ0v) is 14.7. The first-order chi connectivity index (χ1) is 11.8. The molecular formula is C16H21ClN4O4. The zero-order chi connectivity index (χ0) is 18.6. The lowest BCUT2D eigenvalue weighted by molar-refractivity contribution is -0.385. The highest BCUT2D eigenvalue weighted by molar-refractivity contribution is 6.34. The van der Waals surface area contributed by atoms with Crippen LogP contribution in [0.3, 0.4) is 0 Å². The lowest BCUT2D eigenvalue weighted by atomic mass is 9.97. The van der Waals surface area contributed by atoms with Gasteiger partial charge in [0.05, 0.1) is 16.5 Å². The van der Waals surface area contributed by atoms with Crippen molar-refractivity contribution in [3.63, 3.8) is 0 Å². The molecule has 0 saturated carbocycles. The average Bonchev–Trinajstić information content (AvgIpc) is 2.58. The van der Waals surface area contributed by atoms with Gasteiger partial charge in [-0.25, -0.2) is 0 Å². The minimum absolute atomic E-state index is 0.0365. The Morgan fingerprint density at radius 2 is 2.20 bits per heavy atom. The Balaban J connectivity index is 2.07. The Labute approximate surface area is 150 Å². The normalized spacial score (nSPS) is 18.5. The van der Waals surface area contributed by atoms with Gasteiger partial charge in [-0.2, -0.15) is 0 Å². The van der Waals surface area contributed by atoms with E-state index in [0.717, 1.165) is 19.3 Å². The molecule has 1 saturated heterocycles. The molecular weight excluding hydrogens is 348 g/mol. The van der Waals surface area contributed by atoms with E-state index in [4.69, 9.17) is 17.3 Å². The smallest absolute Gasteiger partial charge is 0.283 e. The zero-order valence-electron chi connectivity index (χ0n) is 13.9. The van der Waals surface area contributed by atoms with Gasteiger partial charge >= 0.3 is 0 Å². The number of nitrogens with two attached hydrogens (primary N) is 1. The van der Waals surface area contributed by atoms with Crippen molar-refractivity contribution in [1.29, 1.82) is 0 Å². The highest BCUT2D eigenvalue weighted by Crippen LogP contribution is 2.26. The Kier molecular flexibility index (Phi) is 6.33. The number of piperidine rings is 1. The number of carbonyl (C=O) groups is 2. The molecule has 1 aliphatic heterocycles. The van der Waals surface area contributed by atoms with E-state index in [2.05, 4.69) is 5.32 Å². The first kappa shape index (κ1) is 19.1. The van der Waals surface area contributed by atoms with Gasteiger partial charge in [0.15, 0.2) is 0 Å². The van der Waals surface area contributed by atoms with E-state index in [9.17, 15) is 19.7 Å². The third kappa shape index (κ3) is 4.46. The highest BCUT2D eigenvalue weighted by Gasteiger charge is 2.30. The van der Waals surface area contributed by atoms with Crippen LogP contribution in [0, 0.1) is 10.1 Å². The number of amides is 2. The van der Waals surface area contributed by atoms with Crippen LogP contribution in [-0.4, -0.2) is 46.8 Å². The highest BCUT2D eigenvalue weighted by atomic mass is 35.5. The quantitative estimate of drug-likeness (QED) is 0.605. The third-order valence-electron chi connectivity index (χ3n) is 4.29. The Morgan fingerprint density at radius 3 is 2.84 bits per heavy atom. The number of hydrogen-bond donors (Lipinski definition) is 2. The fourth-order valence-corrected chi connectivity index (χ4v) is 3.30. The van der Waals surface area contributed by atoms with Crippen molar-refractivity contribution in [1.82, 2.24) is 10.2 Å². The van der Waals surface area contributed by atoms with E-state index >= 15 is 0 Å². The molecule has 8 nitrogen and oxygen atoms in total. The van der Waals surface area contributed by atoms with E-state index < -0.39 is 16.5 Å². The number of halogens is 1. The van der Waals surface area contributed by atoms with Gasteiger partial charge in [-0.15, -0.1) is 0 Å². The predicted octanol–water partition coefficient (Wildman–Crippen LogP) is 1.71. The molecule has 25 heavy (non-hydrogen) atoms. The molecule has 0 bridgehead atoms. The van der Waals surface area contributed by atoms with E-state index in [-0.39, 0.29) is 35.1 Å². The van der Waals surface area contributed by atoms with Gasteiger partial charge in [0, 0.05) is 24.7 Å². The minimum Gasteiger partial charge on any atom is -0.343 e. The van der Waals surface area contributed by atoms with Gasteiger partial charge in [0.25, 0.3) is 11.6 Å². The van der Waals surface area contributed by atoms with Crippen LogP contribution >= 0.6 is 11.6 Å². The molecule has 0 aliphatic carbocycles. The Hall–Kier alpha value is -2.19. The minimum atomic E-state index is -0.750. The molecule has 0 aromatic heterocycles. The van der Waals surface area contributed by atoms with Crippen LogP contribution in [0.25, 0.3) is 0 Å². The standard InChI is InChI=1S/C16H21ClN4O4/c1-10(18)12-6-2-3-8-20(12)14(22)9-19-16(23)15-11(17)5-4-7-13(15)21(24)25/h4-5,7,10,12H,2-3,6,8-9,18H2,1H3,(H,19,23). The molecule has 3 N–H and O–H groups in total. The molecule has 1 aromatic rings. The van der Waals surface area contributed by atoms with Crippen LogP contribution in [0.2, 0.25) is 5.02 Å². The predicted molar refractivity (Wildman–Crippen MR) is 93.4 cm³/mol. The number of benzene rings is 1. The summed E-state index contributed by atoms with van der Waals surface area (Å²) in [5.41, 5.74) is 5.30. The maximum Gasteiger partial charge on any atom is 0.283 e. The van der Waals surface area contributed by atoms with Crippen molar-refractivity contribution in [3.05, 3.63) is 38.9 Å². The molecule has 2 atom stereocenters. The molecule has 1 heterocycles. The number of nitro groups is 1. The van der Waals surface area contributed by atoms with Crippen LogP contribution < -0.4 is 11.1 Å². The SMILES string of the molecule is CC(N)C1CCCCN1C(=O)CNC(=O)c1c(Cl)cccc1[N+](=O)[O-]. The summed E-state index contributed by atoms with van der Waals surface area (Å²) < 4.78 is 0. The van der Waals surface area contributed by atoms with Gasteiger partial charge < -0.3 is 16.0 Å². The molecule has 1 fully saturated rings. The number of hydrogen-bond acceptors (Lipinski definition) is 5. The topological polar surface area (TPSA) is 119 Å². The van der Waals surface area contributed by atoms with Crippen LogP contribution in [-0.2, 0) is 4.79 Å². The summed E-state index contributed by atoms with van der Waals surface area (Å²) >= 11 is 5.92. The van der Waals surface area contributed by atoms with Crippen LogP contribution in [0.5, 0.6) is 0 Å². The number of rotatable bonds is 5. The average molecular weight is 369 g/mol. The Bertz CT molecular complexity index is 680. The second-order valence-electron chi connectivity index (χ2n) is 6.08. The summed E-state index contributed by atoms with van der Waals surface area (Å²) in [5.74, 6) is -1.01. The van der Waals surface area contributed by atoms with Crippen LogP contribution in [0.4, 0.5) is 5.69 Å². The van der Waals surface area contributed by atoms with Gasteiger partial charge in [0.1, 0.15) is 5.56 Å². The first-order valence-corrected chi connectivity index (χ1v) is 8.47. The van der Waals surface area contributed by atoms with Gasteiger partial charge in [-0.3, -0.25) is 19.7 Å². The van der Waals surface area contributed by atoms with Crippen LogP contribution in [0.1, 0.15) is 36.5 Å². The second-order valence-corrected chi connectivity index (χ2v) is 6.49. The maximum atomic E-state index is 12.4. The lowest BCUT2D eigenvalue weighted by Crippen LogP contribution is -2.54. The number of carbonyl (C=O) groups excluding carboxylic acids is 2. The molecule has 0 spiro atoms. The molecule has 9 heteroatoms. The molecule has 2 rings (SSSR count). The molecule has 136 valence electrons. The fraction of sp³-hybridized carbons (Fsp3) is 0.500. The molecule has 0 radical (unpaired) electrons.